The van der Waals surface area contributed by atoms with Crippen molar-refractivity contribution in [3.05, 3.63) is 35.5 Å². The van der Waals surface area contributed by atoms with Crippen LogP contribution in [0.3, 0.4) is 0 Å². The molecule has 9 nitrogen and oxygen atoms in total. The van der Waals surface area contributed by atoms with Gasteiger partial charge in [0.25, 0.3) is 5.91 Å². The molecule has 0 aliphatic carbocycles. The van der Waals surface area contributed by atoms with Gasteiger partial charge in [-0.2, -0.15) is 9.57 Å². The number of ether oxygens (including phenoxy) is 2. The van der Waals surface area contributed by atoms with Crippen molar-refractivity contribution in [3.63, 3.8) is 0 Å². The van der Waals surface area contributed by atoms with Crippen molar-refractivity contribution in [2.75, 3.05) is 53.2 Å². The summed E-state index contributed by atoms with van der Waals surface area (Å²) in [6, 6.07) is 7.44. The Hall–Kier alpha value is -2.77. The number of nitriles is 1. The second-order valence-electron chi connectivity index (χ2n) is 6.55. The van der Waals surface area contributed by atoms with E-state index in [9.17, 15) is 18.5 Å². The Morgan fingerprint density at radius 3 is 2.41 bits per heavy atom. The minimum Gasteiger partial charge on any atom is -0.493 e. The van der Waals surface area contributed by atoms with E-state index in [0.717, 1.165) is 5.56 Å². The number of nitrogens with one attached hydrogen (secondary N) is 1. The SMILES string of the molecule is COc1ccc(CCNC(=O)/C(C#N)=C\N2CCN(S(C)(=O)=O)CC2)cc1OC. The van der Waals surface area contributed by atoms with Gasteiger partial charge in [-0.15, -0.1) is 0 Å². The van der Waals surface area contributed by atoms with E-state index in [-0.39, 0.29) is 5.57 Å². The molecule has 0 bridgehead atoms. The molecule has 1 N–H and O–H groups in total. The summed E-state index contributed by atoms with van der Waals surface area (Å²) >= 11 is 0. The van der Waals surface area contributed by atoms with E-state index in [4.69, 9.17) is 9.47 Å². The number of rotatable bonds is 8. The predicted molar refractivity (Wildman–Crippen MR) is 108 cm³/mol. The molecule has 1 saturated heterocycles. The minimum absolute atomic E-state index is 0.00915. The van der Waals surface area contributed by atoms with Gasteiger partial charge in [0.15, 0.2) is 11.5 Å². The van der Waals surface area contributed by atoms with Gasteiger partial charge in [-0.3, -0.25) is 4.79 Å². The van der Waals surface area contributed by atoms with Gasteiger partial charge in [0.2, 0.25) is 10.0 Å². The Bertz CT molecular complexity index is 900. The summed E-state index contributed by atoms with van der Waals surface area (Å²) in [6.07, 6.45) is 3.23. The highest BCUT2D eigenvalue weighted by atomic mass is 32.2. The highest BCUT2D eigenvalue weighted by molar-refractivity contribution is 7.88. The van der Waals surface area contributed by atoms with Crippen molar-refractivity contribution in [1.82, 2.24) is 14.5 Å². The molecule has 0 saturated carbocycles. The molecular weight excluding hydrogens is 396 g/mol. The van der Waals surface area contributed by atoms with Gasteiger partial charge in [0.05, 0.1) is 20.5 Å². The fraction of sp³-hybridized carbons (Fsp3) is 0.474. The molecule has 0 unspecified atom stereocenters. The molecule has 1 heterocycles. The van der Waals surface area contributed by atoms with Crippen LogP contribution in [-0.2, 0) is 21.2 Å². The van der Waals surface area contributed by atoms with E-state index in [1.807, 2.05) is 18.2 Å². The van der Waals surface area contributed by atoms with Crippen LogP contribution in [0.1, 0.15) is 5.56 Å². The summed E-state index contributed by atoms with van der Waals surface area (Å²) in [7, 11) is -0.100. The molecule has 1 aromatic rings. The first-order valence-corrected chi connectivity index (χ1v) is 10.9. The van der Waals surface area contributed by atoms with Crippen LogP contribution < -0.4 is 14.8 Å². The number of benzene rings is 1. The molecule has 29 heavy (non-hydrogen) atoms. The number of hydrogen-bond acceptors (Lipinski definition) is 7. The van der Waals surface area contributed by atoms with Crippen LogP contribution in [0, 0.1) is 11.3 Å². The number of methoxy groups -OCH3 is 2. The quantitative estimate of drug-likeness (QED) is 0.475. The van der Waals surface area contributed by atoms with Crippen LogP contribution in [0.15, 0.2) is 30.0 Å². The van der Waals surface area contributed by atoms with Crippen molar-refractivity contribution in [2.24, 2.45) is 0 Å². The number of nitrogens with zero attached hydrogens (tertiary/aromatic N) is 3. The van der Waals surface area contributed by atoms with Gasteiger partial charge in [-0.25, -0.2) is 8.42 Å². The topological polar surface area (TPSA) is 112 Å². The van der Waals surface area contributed by atoms with Gasteiger partial charge in [-0.1, -0.05) is 6.07 Å². The van der Waals surface area contributed by atoms with Gasteiger partial charge in [-0.05, 0) is 24.1 Å². The first-order chi connectivity index (χ1) is 13.8. The van der Waals surface area contributed by atoms with Crippen molar-refractivity contribution in [2.45, 2.75) is 6.42 Å². The average Bonchev–Trinajstić information content (AvgIpc) is 2.71. The van der Waals surface area contributed by atoms with Crippen molar-refractivity contribution >= 4 is 15.9 Å². The van der Waals surface area contributed by atoms with Crippen LogP contribution in [0.5, 0.6) is 11.5 Å². The summed E-state index contributed by atoms with van der Waals surface area (Å²) in [4.78, 5) is 14.1. The molecule has 1 amide bonds. The largest absolute Gasteiger partial charge is 0.493 e. The number of piperazine rings is 1. The maximum Gasteiger partial charge on any atom is 0.263 e. The third-order valence-electron chi connectivity index (χ3n) is 4.57. The lowest BCUT2D eigenvalue weighted by molar-refractivity contribution is -0.117. The van der Waals surface area contributed by atoms with E-state index in [0.29, 0.717) is 50.6 Å². The Morgan fingerprint density at radius 2 is 1.86 bits per heavy atom. The Labute approximate surface area is 171 Å². The normalized spacial score (nSPS) is 15.5. The van der Waals surface area contributed by atoms with E-state index in [1.165, 1.54) is 16.8 Å². The molecule has 0 atom stereocenters. The van der Waals surface area contributed by atoms with Gasteiger partial charge in [0, 0.05) is 38.9 Å². The van der Waals surface area contributed by atoms with E-state index in [1.54, 1.807) is 25.2 Å². The third-order valence-corrected chi connectivity index (χ3v) is 5.87. The lowest BCUT2D eigenvalue weighted by Crippen LogP contribution is -2.46. The number of sulfonamides is 1. The minimum atomic E-state index is -3.22. The molecule has 158 valence electrons. The molecule has 0 spiro atoms. The highest BCUT2D eigenvalue weighted by Gasteiger charge is 2.22. The number of hydrogen-bond donors (Lipinski definition) is 1. The molecule has 1 aromatic carbocycles. The highest BCUT2D eigenvalue weighted by Crippen LogP contribution is 2.27. The van der Waals surface area contributed by atoms with E-state index < -0.39 is 15.9 Å². The fourth-order valence-electron chi connectivity index (χ4n) is 2.94. The Kier molecular flexibility index (Phi) is 7.87. The van der Waals surface area contributed by atoms with Crippen LogP contribution in [0.4, 0.5) is 0 Å². The molecule has 1 aliphatic rings. The fourth-order valence-corrected chi connectivity index (χ4v) is 3.76. The van der Waals surface area contributed by atoms with Gasteiger partial charge < -0.3 is 19.7 Å². The molecule has 2 rings (SSSR count). The van der Waals surface area contributed by atoms with Crippen LogP contribution in [-0.4, -0.2) is 76.7 Å². The van der Waals surface area contributed by atoms with E-state index in [2.05, 4.69) is 5.32 Å². The molecule has 0 radical (unpaired) electrons. The Balaban J connectivity index is 1.89. The standard InChI is InChI=1S/C19H26N4O5S/c1-27-17-5-4-15(12-18(17)28-2)6-7-21-19(24)16(13-20)14-22-8-10-23(11-9-22)29(3,25)26/h4-5,12,14H,6-11H2,1-3H3,(H,21,24)/b16-14-. The zero-order valence-corrected chi connectivity index (χ0v) is 17.7. The average molecular weight is 423 g/mol. The second-order valence-corrected chi connectivity index (χ2v) is 8.53. The predicted octanol–water partition coefficient (Wildman–Crippen LogP) is 0.347. The summed E-state index contributed by atoms with van der Waals surface area (Å²) in [5, 5.41) is 12.0. The monoisotopic (exact) mass is 422 g/mol. The van der Waals surface area contributed by atoms with Crippen LogP contribution >= 0.6 is 0 Å². The molecular formula is C19H26N4O5S. The van der Waals surface area contributed by atoms with Gasteiger partial charge in [0.1, 0.15) is 11.6 Å². The first-order valence-electron chi connectivity index (χ1n) is 9.08. The Morgan fingerprint density at radius 1 is 1.21 bits per heavy atom. The number of carbonyl (C=O) groups is 1. The lowest BCUT2D eigenvalue weighted by Gasteiger charge is -2.32. The maximum absolute atomic E-state index is 12.3. The molecule has 1 fully saturated rings. The second kappa shape index (κ2) is 10.1. The van der Waals surface area contributed by atoms with Crippen LogP contribution in [0.25, 0.3) is 0 Å². The van der Waals surface area contributed by atoms with Crippen molar-refractivity contribution < 1.29 is 22.7 Å². The number of amides is 1. The molecule has 10 heteroatoms. The zero-order valence-electron chi connectivity index (χ0n) is 16.8. The maximum atomic E-state index is 12.3. The lowest BCUT2D eigenvalue weighted by atomic mass is 10.1. The van der Waals surface area contributed by atoms with Gasteiger partial charge >= 0.3 is 0 Å². The first kappa shape index (κ1) is 22.5. The van der Waals surface area contributed by atoms with Crippen molar-refractivity contribution in [1.29, 1.82) is 5.26 Å². The van der Waals surface area contributed by atoms with E-state index >= 15 is 0 Å². The summed E-state index contributed by atoms with van der Waals surface area (Å²) in [5.74, 6) is 0.784. The smallest absolute Gasteiger partial charge is 0.263 e. The summed E-state index contributed by atoms with van der Waals surface area (Å²) < 4.78 is 34.9. The van der Waals surface area contributed by atoms with Crippen molar-refractivity contribution in [3.8, 4) is 17.6 Å². The summed E-state index contributed by atoms with van der Waals surface area (Å²) in [6.45, 7) is 1.87. The molecule has 1 aliphatic heterocycles. The molecule has 0 aromatic heterocycles. The summed E-state index contributed by atoms with van der Waals surface area (Å²) in [5.41, 5.74) is 0.951. The number of carbonyl (C=O) groups excluding carboxylic acids is 1. The third kappa shape index (κ3) is 6.37. The van der Waals surface area contributed by atoms with Crippen LogP contribution in [0.2, 0.25) is 0 Å². The zero-order chi connectivity index (χ0) is 21.4.